The van der Waals surface area contributed by atoms with Gasteiger partial charge < -0.3 is 24.5 Å². The van der Waals surface area contributed by atoms with Crippen LogP contribution in [0.25, 0.3) is 0 Å². The Balaban J connectivity index is 2.12. The molecule has 6 atom stereocenters. The van der Waals surface area contributed by atoms with Gasteiger partial charge in [0.2, 0.25) is 17.7 Å². The van der Waals surface area contributed by atoms with Gasteiger partial charge in [-0.05, 0) is 40.5 Å². The highest BCUT2D eigenvalue weighted by molar-refractivity contribution is 5.99. The molecule has 2 bridgehead atoms. The summed E-state index contributed by atoms with van der Waals surface area (Å²) < 4.78 is 6.58. The number of aliphatic hydroxyl groups is 1. The van der Waals surface area contributed by atoms with Crippen LogP contribution in [0.4, 0.5) is 0 Å². The van der Waals surface area contributed by atoms with E-state index in [0.29, 0.717) is 25.9 Å². The number of likely N-dealkylation sites (N-methyl/N-ethyl adjacent to an activating group) is 1. The lowest BCUT2D eigenvalue weighted by atomic mass is 9.66. The van der Waals surface area contributed by atoms with Crippen molar-refractivity contribution in [2.24, 2.45) is 11.8 Å². The van der Waals surface area contributed by atoms with Gasteiger partial charge in [0.25, 0.3) is 0 Å². The Morgan fingerprint density at radius 1 is 1.22 bits per heavy atom. The van der Waals surface area contributed by atoms with Crippen molar-refractivity contribution in [3.05, 3.63) is 25.3 Å². The Hall–Kier alpha value is -2.19. The zero-order chi connectivity index (χ0) is 24.0. The van der Waals surface area contributed by atoms with Crippen LogP contribution in [0.2, 0.25) is 0 Å². The topological polar surface area (TPSA) is 90.4 Å². The molecule has 3 amide bonds. The van der Waals surface area contributed by atoms with Crippen LogP contribution < -0.4 is 0 Å². The van der Waals surface area contributed by atoms with Crippen LogP contribution >= 0.6 is 0 Å². The summed E-state index contributed by atoms with van der Waals surface area (Å²) in [4.78, 5) is 45.9. The van der Waals surface area contributed by atoms with Gasteiger partial charge in [0.05, 0.1) is 30.1 Å². The molecule has 3 fully saturated rings. The second kappa shape index (κ2) is 8.63. The first-order valence-corrected chi connectivity index (χ1v) is 11.4. The van der Waals surface area contributed by atoms with E-state index in [2.05, 4.69) is 13.2 Å². The highest BCUT2D eigenvalue weighted by atomic mass is 16.5. The first-order valence-electron chi connectivity index (χ1n) is 11.4. The Labute approximate surface area is 190 Å². The molecule has 3 heterocycles. The molecule has 178 valence electrons. The molecule has 1 spiro atoms. The fourth-order valence-corrected chi connectivity index (χ4v) is 5.95. The Bertz CT molecular complexity index is 813. The van der Waals surface area contributed by atoms with Crippen molar-refractivity contribution in [1.82, 2.24) is 14.7 Å². The summed E-state index contributed by atoms with van der Waals surface area (Å²) in [5.41, 5.74) is -1.91. The third-order valence-electron chi connectivity index (χ3n) is 7.46. The number of rotatable bonds is 9. The molecule has 0 aliphatic carbocycles. The summed E-state index contributed by atoms with van der Waals surface area (Å²) in [6.45, 7) is 15.3. The largest absolute Gasteiger partial charge is 0.394 e. The van der Waals surface area contributed by atoms with Crippen LogP contribution in [0.15, 0.2) is 25.3 Å². The molecule has 0 aromatic carbocycles. The van der Waals surface area contributed by atoms with E-state index < -0.39 is 35.1 Å². The van der Waals surface area contributed by atoms with Crippen LogP contribution in [0.3, 0.4) is 0 Å². The predicted octanol–water partition coefficient (Wildman–Crippen LogP) is 1.20. The number of nitrogens with zero attached hydrogens (tertiary/aromatic N) is 3. The van der Waals surface area contributed by atoms with Crippen molar-refractivity contribution in [3.8, 4) is 0 Å². The predicted molar refractivity (Wildman–Crippen MR) is 120 cm³/mol. The van der Waals surface area contributed by atoms with Gasteiger partial charge in [-0.25, -0.2) is 0 Å². The lowest BCUT2D eigenvalue weighted by Crippen LogP contribution is -2.59. The summed E-state index contributed by atoms with van der Waals surface area (Å²) in [7, 11) is 1.69. The maximum Gasteiger partial charge on any atom is 0.248 e. The minimum atomic E-state index is -1.09. The van der Waals surface area contributed by atoms with Gasteiger partial charge in [-0.3, -0.25) is 14.4 Å². The van der Waals surface area contributed by atoms with E-state index in [0.717, 1.165) is 0 Å². The third kappa shape index (κ3) is 3.39. The van der Waals surface area contributed by atoms with E-state index >= 15 is 0 Å². The third-order valence-corrected chi connectivity index (χ3v) is 7.46. The highest BCUT2D eigenvalue weighted by Crippen LogP contribution is 2.63. The van der Waals surface area contributed by atoms with Crippen molar-refractivity contribution < 1.29 is 24.2 Å². The molecule has 0 saturated carbocycles. The van der Waals surface area contributed by atoms with E-state index in [1.165, 1.54) is 4.90 Å². The quantitative estimate of drug-likeness (QED) is 0.537. The highest BCUT2D eigenvalue weighted by Gasteiger charge is 2.78. The zero-order valence-corrected chi connectivity index (χ0v) is 19.9. The molecule has 3 saturated heterocycles. The first-order chi connectivity index (χ1) is 15.0. The Morgan fingerprint density at radius 2 is 1.84 bits per heavy atom. The number of carbonyl (C=O) groups excluding carboxylic acids is 3. The molecule has 8 nitrogen and oxygen atoms in total. The van der Waals surface area contributed by atoms with Gasteiger partial charge in [0.1, 0.15) is 11.6 Å². The smallest absolute Gasteiger partial charge is 0.248 e. The molecule has 32 heavy (non-hydrogen) atoms. The van der Waals surface area contributed by atoms with Crippen molar-refractivity contribution >= 4 is 17.7 Å². The maximum atomic E-state index is 13.9. The number of ether oxygens (including phenoxy) is 1. The maximum absolute atomic E-state index is 13.9. The molecule has 1 N–H and O–H groups in total. The Morgan fingerprint density at radius 3 is 2.38 bits per heavy atom. The monoisotopic (exact) mass is 447 g/mol. The lowest BCUT2D eigenvalue weighted by Gasteiger charge is -2.39. The second-order valence-corrected chi connectivity index (χ2v) is 9.89. The van der Waals surface area contributed by atoms with Gasteiger partial charge in [-0.2, -0.15) is 0 Å². The van der Waals surface area contributed by atoms with Crippen LogP contribution in [0, 0.1) is 11.8 Å². The molecule has 0 aromatic rings. The van der Waals surface area contributed by atoms with Crippen LogP contribution in [-0.2, 0) is 19.1 Å². The molecule has 2 unspecified atom stereocenters. The summed E-state index contributed by atoms with van der Waals surface area (Å²) in [5, 5.41) is 9.92. The first kappa shape index (κ1) is 24.5. The lowest BCUT2D eigenvalue weighted by molar-refractivity contribution is -0.156. The molecular formula is C24H37N3O5. The second-order valence-electron chi connectivity index (χ2n) is 9.89. The number of fused-ring (bicyclic) bond motifs is 1. The number of hydrogen-bond donors (Lipinski definition) is 1. The number of hydrogen-bond acceptors (Lipinski definition) is 5. The average molecular weight is 448 g/mol. The van der Waals surface area contributed by atoms with Crippen LogP contribution in [0.1, 0.15) is 40.5 Å². The van der Waals surface area contributed by atoms with Crippen molar-refractivity contribution in [3.63, 3.8) is 0 Å². The summed E-state index contributed by atoms with van der Waals surface area (Å²) >= 11 is 0. The number of carbonyl (C=O) groups is 3. The van der Waals surface area contributed by atoms with E-state index in [-0.39, 0.29) is 30.4 Å². The normalized spacial score (nSPS) is 33.9. The molecule has 3 aliphatic heterocycles. The fourth-order valence-electron chi connectivity index (χ4n) is 5.95. The summed E-state index contributed by atoms with van der Waals surface area (Å²) in [6, 6.07) is -1.58. The number of likely N-dealkylation sites (tertiary alicyclic amines) is 1. The van der Waals surface area contributed by atoms with Crippen molar-refractivity contribution in [2.45, 2.75) is 69.9 Å². The molecule has 0 aromatic heterocycles. The average Bonchev–Trinajstić information content (AvgIpc) is 3.31. The SMILES string of the molecule is C=CCN(C)C(=O)[C@H]1[C@H]2C(=O)N([C@H](C)CO)C(C(=O)N(CC=C)C(C)C)C23CC[C@]1(C)O3. The van der Waals surface area contributed by atoms with Crippen molar-refractivity contribution in [2.75, 3.05) is 26.7 Å². The van der Waals surface area contributed by atoms with Crippen LogP contribution in [-0.4, -0.2) is 93.6 Å². The van der Waals surface area contributed by atoms with E-state index in [9.17, 15) is 19.5 Å². The van der Waals surface area contributed by atoms with Gasteiger partial charge in [0, 0.05) is 26.2 Å². The minimum absolute atomic E-state index is 0.109. The fraction of sp³-hybridized carbons (Fsp3) is 0.708. The molecule has 3 aliphatic rings. The van der Waals surface area contributed by atoms with Gasteiger partial charge in [-0.15, -0.1) is 13.2 Å². The molecule has 8 heteroatoms. The van der Waals surface area contributed by atoms with E-state index in [4.69, 9.17) is 4.74 Å². The molecule has 3 rings (SSSR count). The standard InChI is InChI=1S/C24H37N3O5/c1-8-12-25(7)20(29)17-18-21(30)27(16(5)14-28)19(22(31)26(13-9-2)15(3)4)24(18)11-10-23(17,6)32-24/h8-9,15-19,28H,1-2,10-14H2,3-7H3/t16-,17-,18+,19?,23+,24?/m1/s1. The zero-order valence-electron chi connectivity index (χ0n) is 19.9. The minimum Gasteiger partial charge on any atom is -0.394 e. The molecular weight excluding hydrogens is 410 g/mol. The van der Waals surface area contributed by atoms with Crippen LogP contribution in [0.5, 0.6) is 0 Å². The Kier molecular flexibility index (Phi) is 6.60. The molecule has 0 radical (unpaired) electrons. The van der Waals surface area contributed by atoms with Gasteiger partial charge >= 0.3 is 0 Å². The van der Waals surface area contributed by atoms with Gasteiger partial charge in [-0.1, -0.05) is 12.2 Å². The van der Waals surface area contributed by atoms with Gasteiger partial charge in [0.15, 0.2) is 0 Å². The van der Waals surface area contributed by atoms with E-state index in [1.54, 1.807) is 35.9 Å². The van der Waals surface area contributed by atoms with Crippen molar-refractivity contribution in [1.29, 1.82) is 0 Å². The summed E-state index contributed by atoms with van der Waals surface area (Å²) in [6.07, 6.45) is 4.40. The summed E-state index contributed by atoms with van der Waals surface area (Å²) in [5.74, 6) is -2.15. The van der Waals surface area contributed by atoms with E-state index in [1.807, 2.05) is 20.8 Å². The number of aliphatic hydroxyl groups excluding tert-OH is 1. The number of amides is 3.